The van der Waals surface area contributed by atoms with Crippen molar-refractivity contribution in [3.63, 3.8) is 0 Å². The van der Waals surface area contributed by atoms with E-state index in [1.165, 1.54) is 0 Å². The van der Waals surface area contributed by atoms with Crippen molar-refractivity contribution in [1.29, 1.82) is 0 Å². The molecule has 2 fully saturated rings. The molecule has 0 bridgehead atoms. The highest BCUT2D eigenvalue weighted by molar-refractivity contribution is 5.86. The molecule has 0 spiro atoms. The Kier molecular flexibility index (Phi) is 8.28. The fourth-order valence-electron chi connectivity index (χ4n) is 2.43. The van der Waals surface area contributed by atoms with E-state index in [1.807, 2.05) is 0 Å². The number of nitrogens with one attached hydrogen (secondary N) is 2. The zero-order valence-corrected chi connectivity index (χ0v) is 11.6. The number of hydrogen-bond donors (Lipinski definition) is 2. The lowest BCUT2D eigenvalue weighted by Crippen LogP contribution is -2.67. The van der Waals surface area contributed by atoms with Gasteiger partial charge in [-0.05, 0) is 0 Å². The second kappa shape index (κ2) is 8.24. The van der Waals surface area contributed by atoms with Crippen LogP contribution in [0.2, 0.25) is 0 Å². The second-order valence-electron chi connectivity index (χ2n) is 4.14. The van der Waals surface area contributed by atoms with Gasteiger partial charge in [0, 0.05) is 45.9 Å². The summed E-state index contributed by atoms with van der Waals surface area (Å²) in [6.45, 7) is 5.12. The minimum atomic E-state index is -0.0634. The van der Waals surface area contributed by atoms with Crippen LogP contribution >= 0.6 is 24.8 Å². The fraction of sp³-hybridized carbons (Fsp3) is 0.900. The number of ether oxygens (including phenoxy) is 1. The Hall–Kier alpha value is 0.0900. The molecule has 0 amide bonds. The molecule has 0 aliphatic carbocycles. The molecule has 2 aliphatic rings. The van der Waals surface area contributed by atoms with Gasteiger partial charge >= 0.3 is 0 Å². The molecule has 0 saturated carbocycles. The largest absolute Gasteiger partial charge is 0.377 e. The smallest absolute Gasteiger partial charge is 0.176 e. The minimum absolute atomic E-state index is 0. The van der Waals surface area contributed by atoms with E-state index in [2.05, 4.69) is 15.5 Å². The van der Waals surface area contributed by atoms with E-state index in [1.54, 1.807) is 7.11 Å². The van der Waals surface area contributed by atoms with Crippen LogP contribution in [0.1, 0.15) is 0 Å². The van der Waals surface area contributed by atoms with Crippen LogP contribution in [-0.4, -0.2) is 69.2 Å². The number of hydrogen-bond acceptors (Lipinski definition) is 5. The molecule has 17 heavy (non-hydrogen) atoms. The van der Waals surface area contributed by atoms with Gasteiger partial charge in [0.1, 0.15) is 6.61 Å². The number of nitrogens with zero attached hydrogens (tertiary/aromatic N) is 1. The van der Waals surface area contributed by atoms with Crippen molar-refractivity contribution < 1.29 is 9.53 Å². The normalized spacial score (nSPS) is 28.5. The molecule has 102 valence electrons. The van der Waals surface area contributed by atoms with Crippen molar-refractivity contribution in [2.45, 2.75) is 12.1 Å². The van der Waals surface area contributed by atoms with Gasteiger partial charge in [-0.3, -0.25) is 9.69 Å². The van der Waals surface area contributed by atoms with Crippen LogP contribution in [0, 0.1) is 0 Å². The Morgan fingerprint density at radius 2 is 2.06 bits per heavy atom. The predicted molar refractivity (Wildman–Crippen MR) is 71.4 cm³/mol. The summed E-state index contributed by atoms with van der Waals surface area (Å²) in [5.41, 5.74) is 0. The number of Topliss-reactive ketones (excluding diaryl/α,β-unsaturated/α-hetero) is 1. The average Bonchev–Trinajstić information content (AvgIpc) is 2.28. The highest BCUT2D eigenvalue weighted by atomic mass is 35.5. The van der Waals surface area contributed by atoms with Crippen LogP contribution in [0.5, 0.6) is 0 Å². The van der Waals surface area contributed by atoms with E-state index >= 15 is 0 Å². The van der Waals surface area contributed by atoms with Crippen LogP contribution in [0.15, 0.2) is 0 Å². The first kappa shape index (κ1) is 17.1. The quantitative estimate of drug-likeness (QED) is 0.718. The summed E-state index contributed by atoms with van der Waals surface area (Å²) in [5.74, 6) is 0.163. The number of methoxy groups -OCH3 is 1. The van der Waals surface area contributed by atoms with Crippen LogP contribution < -0.4 is 10.6 Å². The molecule has 0 radical (unpaired) electrons. The molecule has 2 N–H and O–H groups in total. The van der Waals surface area contributed by atoms with Gasteiger partial charge in [0.2, 0.25) is 0 Å². The number of carbonyl (C=O) groups is 1. The summed E-state index contributed by atoms with van der Waals surface area (Å²) in [6, 6.07) is 0.238. The monoisotopic (exact) mass is 285 g/mol. The topological polar surface area (TPSA) is 53.6 Å². The number of piperazine rings is 2. The van der Waals surface area contributed by atoms with Crippen LogP contribution in [-0.2, 0) is 9.53 Å². The molecule has 2 rings (SSSR count). The molecule has 0 aromatic heterocycles. The summed E-state index contributed by atoms with van der Waals surface area (Å²) in [6.07, 6.45) is 0. The van der Waals surface area contributed by atoms with E-state index < -0.39 is 0 Å². The van der Waals surface area contributed by atoms with E-state index in [4.69, 9.17) is 4.74 Å². The van der Waals surface area contributed by atoms with Crippen molar-refractivity contribution in [2.24, 2.45) is 0 Å². The zero-order valence-electron chi connectivity index (χ0n) is 9.98. The summed E-state index contributed by atoms with van der Waals surface area (Å²) < 4.78 is 4.91. The number of rotatable bonds is 3. The van der Waals surface area contributed by atoms with Crippen molar-refractivity contribution in [1.82, 2.24) is 15.5 Å². The molecular formula is C10H21Cl2N3O2. The molecule has 7 heteroatoms. The Morgan fingerprint density at radius 1 is 1.35 bits per heavy atom. The van der Waals surface area contributed by atoms with Gasteiger partial charge in [-0.2, -0.15) is 0 Å². The maximum absolute atomic E-state index is 11.8. The molecule has 0 aromatic carbocycles. The molecule has 5 nitrogen and oxygen atoms in total. The Morgan fingerprint density at radius 3 is 2.76 bits per heavy atom. The Balaban J connectivity index is 0.00000128. The maximum Gasteiger partial charge on any atom is 0.176 e. The van der Waals surface area contributed by atoms with Gasteiger partial charge in [-0.25, -0.2) is 0 Å². The first-order valence-electron chi connectivity index (χ1n) is 5.52. The molecule has 2 saturated heterocycles. The summed E-state index contributed by atoms with van der Waals surface area (Å²) in [4.78, 5) is 14.2. The van der Waals surface area contributed by atoms with Gasteiger partial charge < -0.3 is 15.4 Å². The lowest BCUT2D eigenvalue weighted by molar-refractivity contribution is -0.127. The lowest BCUT2D eigenvalue weighted by Gasteiger charge is -2.44. The highest BCUT2D eigenvalue weighted by Gasteiger charge is 2.36. The number of carbonyl (C=O) groups excluding carboxylic acids is 1. The zero-order chi connectivity index (χ0) is 10.7. The molecule has 2 heterocycles. The summed E-state index contributed by atoms with van der Waals surface area (Å²) in [5, 5.41) is 6.63. The van der Waals surface area contributed by atoms with E-state index in [0.29, 0.717) is 6.04 Å². The van der Waals surface area contributed by atoms with Crippen LogP contribution in [0.3, 0.4) is 0 Å². The number of fused-ring (bicyclic) bond motifs is 1. The van der Waals surface area contributed by atoms with Gasteiger partial charge in [0.15, 0.2) is 5.78 Å². The van der Waals surface area contributed by atoms with Crippen molar-refractivity contribution in [3.8, 4) is 0 Å². The number of ketones is 1. The van der Waals surface area contributed by atoms with Gasteiger partial charge in [0.05, 0.1) is 6.04 Å². The van der Waals surface area contributed by atoms with Crippen molar-refractivity contribution >= 4 is 30.6 Å². The highest BCUT2D eigenvalue weighted by Crippen LogP contribution is 2.12. The SMILES string of the molecule is COCC(=O)C1NCCN2CCNCC12.Cl.Cl. The standard InChI is InChI=1S/C10H19N3O2.2ClH/c1-15-7-9(14)10-8-6-11-2-4-13(8)5-3-12-10;;/h8,10-12H,2-7H2,1H3;2*1H. The van der Waals surface area contributed by atoms with Gasteiger partial charge in [-0.15, -0.1) is 24.8 Å². The van der Waals surface area contributed by atoms with Crippen molar-refractivity contribution in [2.75, 3.05) is 46.4 Å². The number of halogens is 2. The molecule has 2 aliphatic heterocycles. The Bertz CT molecular complexity index is 242. The van der Waals surface area contributed by atoms with Crippen LogP contribution in [0.4, 0.5) is 0 Å². The summed E-state index contributed by atoms with van der Waals surface area (Å²) in [7, 11) is 1.57. The van der Waals surface area contributed by atoms with Gasteiger partial charge in [0.25, 0.3) is 0 Å². The maximum atomic E-state index is 11.8. The molecular weight excluding hydrogens is 265 g/mol. The third kappa shape index (κ3) is 4.05. The molecule has 2 atom stereocenters. The predicted octanol–water partition coefficient (Wildman–Crippen LogP) is -0.709. The van der Waals surface area contributed by atoms with Crippen LogP contribution in [0.25, 0.3) is 0 Å². The van der Waals surface area contributed by atoms with E-state index in [0.717, 1.165) is 32.7 Å². The van der Waals surface area contributed by atoms with E-state index in [9.17, 15) is 4.79 Å². The second-order valence-corrected chi connectivity index (χ2v) is 4.14. The lowest BCUT2D eigenvalue weighted by atomic mass is 9.98. The average molecular weight is 286 g/mol. The fourth-order valence-corrected chi connectivity index (χ4v) is 2.43. The first-order valence-corrected chi connectivity index (χ1v) is 5.52. The molecule has 0 aromatic rings. The van der Waals surface area contributed by atoms with Crippen molar-refractivity contribution in [3.05, 3.63) is 0 Å². The third-order valence-corrected chi connectivity index (χ3v) is 3.18. The summed E-state index contributed by atoms with van der Waals surface area (Å²) >= 11 is 0. The first-order chi connectivity index (χ1) is 7.33. The third-order valence-electron chi connectivity index (χ3n) is 3.18. The Labute approximate surface area is 114 Å². The minimum Gasteiger partial charge on any atom is -0.377 e. The molecule has 2 unspecified atom stereocenters. The van der Waals surface area contributed by atoms with Gasteiger partial charge in [-0.1, -0.05) is 0 Å². The van der Waals surface area contributed by atoms with E-state index in [-0.39, 0.29) is 43.2 Å².